The second-order valence-corrected chi connectivity index (χ2v) is 6.11. The van der Waals surface area contributed by atoms with Crippen molar-refractivity contribution in [1.29, 1.82) is 0 Å². The second-order valence-electron chi connectivity index (χ2n) is 5.19. The molecule has 0 fully saturated rings. The lowest BCUT2D eigenvalue weighted by molar-refractivity contribution is 0.112. The Hall–Kier alpha value is -2.39. The molecule has 0 radical (unpaired) electrons. The highest BCUT2D eigenvalue weighted by molar-refractivity contribution is 9.10. The molecule has 22 heavy (non-hydrogen) atoms. The van der Waals surface area contributed by atoms with Crippen molar-refractivity contribution >= 4 is 44.0 Å². The highest BCUT2D eigenvalue weighted by atomic mass is 79.9. The molecule has 0 atom stereocenters. The number of carbonyl (C=O) groups is 1. The Morgan fingerprint density at radius 1 is 0.818 bits per heavy atom. The van der Waals surface area contributed by atoms with Crippen molar-refractivity contribution in [3.05, 3.63) is 76.8 Å². The van der Waals surface area contributed by atoms with Crippen LogP contribution in [0.3, 0.4) is 0 Å². The maximum atomic E-state index is 11.4. The fraction of sp³-hybridized carbons (Fsp3) is 0. The lowest BCUT2D eigenvalue weighted by Gasteiger charge is -2.10. The molecule has 2 nitrogen and oxygen atoms in total. The predicted octanol–water partition coefficient (Wildman–Crippen LogP) is 5.36. The molecule has 4 aromatic rings. The third-order valence-corrected chi connectivity index (χ3v) is 4.43. The van der Waals surface area contributed by atoms with Crippen LogP contribution in [-0.2, 0) is 0 Å². The average Bonchev–Trinajstić information content (AvgIpc) is 2.88. The van der Waals surface area contributed by atoms with E-state index in [1.807, 2.05) is 42.5 Å². The number of benzene rings is 3. The van der Waals surface area contributed by atoms with Crippen LogP contribution in [0.2, 0.25) is 0 Å². The number of aldehydes is 1. The molecule has 0 bridgehead atoms. The minimum Gasteiger partial charge on any atom is -0.309 e. The zero-order valence-corrected chi connectivity index (χ0v) is 13.2. The summed E-state index contributed by atoms with van der Waals surface area (Å²) in [5.41, 5.74) is 3.79. The smallest absolute Gasteiger partial charge is 0.152 e. The van der Waals surface area contributed by atoms with Gasteiger partial charge in [-0.15, -0.1) is 0 Å². The van der Waals surface area contributed by atoms with Crippen molar-refractivity contribution < 1.29 is 4.79 Å². The molecule has 1 aromatic heterocycles. The predicted molar refractivity (Wildman–Crippen MR) is 93.9 cm³/mol. The summed E-state index contributed by atoms with van der Waals surface area (Å²) in [6, 6.07) is 22.2. The van der Waals surface area contributed by atoms with E-state index in [1.54, 1.807) is 0 Å². The van der Waals surface area contributed by atoms with E-state index < -0.39 is 0 Å². The topological polar surface area (TPSA) is 22.0 Å². The molecule has 0 saturated carbocycles. The van der Waals surface area contributed by atoms with Gasteiger partial charge in [-0.2, -0.15) is 0 Å². The summed E-state index contributed by atoms with van der Waals surface area (Å²) >= 11 is 3.55. The molecule has 0 aliphatic rings. The highest BCUT2D eigenvalue weighted by Crippen LogP contribution is 2.34. The number of nitrogens with zero attached hydrogens (tertiary/aromatic N) is 1. The zero-order chi connectivity index (χ0) is 15.1. The van der Waals surface area contributed by atoms with Crippen molar-refractivity contribution in [1.82, 2.24) is 4.57 Å². The molecule has 0 aliphatic heterocycles. The molecule has 3 heteroatoms. The molecule has 3 aromatic carbocycles. The maximum absolute atomic E-state index is 11.4. The first kappa shape index (κ1) is 13.3. The van der Waals surface area contributed by atoms with E-state index in [2.05, 4.69) is 44.8 Å². The molecule has 0 aliphatic carbocycles. The van der Waals surface area contributed by atoms with Crippen LogP contribution in [0, 0.1) is 0 Å². The summed E-state index contributed by atoms with van der Waals surface area (Å²) in [5.74, 6) is 0. The minimum absolute atomic E-state index is 0.688. The molecule has 0 unspecified atom stereocenters. The molecule has 1 heterocycles. The van der Waals surface area contributed by atoms with E-state index in [9.17, 15) is 4.79 Å². The molecular formula is C19H12BrNO. The summed E-state index contributed by atoms with van der Waals surface area (Å²) in [7, 11) is 0. The van der Waals surface area contributed by atoms with E-state index in [0.717, 1.165) is 27.5 Å². The molecule has 0 saturated heterocycles. The van der Waals surface area contributed by atoms with Gasteiger partial charge >= 0.3 is 0 Å². The van der Waals surface area contributed by atoms with Gasteiger partial charge in [0.15, 0.2) is 6.29 Å². The van der Waals surface area contributed by atoms with E-state index in [0.29, 0.717) is 5.56 Å². The van der Waals surface area contributed by atoms with Gasteiger partial charge in [0.2, 0.25) is 0 Å². The first-order valence-electron chi connectivity index (χ1n) is 7.03. The molecular weight excluding hydrogens is 338 g/mol. The van der Waals surface area contributed by atoms with Crippen LogP contribution in [0.1, 0.15) is 10.4 Å². The van der Waals surface area contributed by atoms with Gasteiger partial charge in [-0.05, 0) is 36.4 Å². The minimum atomic E-state index is 0.688. The van der Waals surface area contributed by atoms with Gasteiger partial charge in [0.1, 0.15) is 0 Å². The van der Waals surface area contributed by atoms with E-state index in [1.165, 1.54) is 10.8 Å². The molecule has 0 spiro atoms. The fourth-order valence-corrected chi connectivity index (χ4v) is 3.36. The van der Waals surface area contributed by atoms with Gasteiger partial charge in [0.25, 0.3) is 0 Å². The fourth-order valence-electron chi connectivity index (χ4n) is 3.00. The quantitative estimate of drug-likeness (QED) is 0.446. The third kappa shape index (κ3) is 1.90. The first-order chi connectivity index (χ1) is 10.8. The Bertz CT molecular complexity index is 1020. The first-order valence-corrected chi connectivity index (χ1v) is 7.82. The Morgan fingerprint density at radius 2 is 1.55 bits per heavy atom. The van der Waals surface area contributed by atoms with Crippen LogP contribution in [-0.4, -0.2) is 10.9 Å². The lowest BCUT2D eigenvalue weighted by Crippen LogP contribution is -1.98. The van der Waals surface area contributed by atoms with Gasteiger partial charge in [-0.1, -0.05) is 46.3 Å². The van der Waals surface area contributed by atoms with Crippen LogP contribution in [0.4, 0.5) is 0 Å². The van der Waals surface area contributed by atoms with Crippen LogP contribution in [0.15, 0.2) is 71.2 Å². The molecule has 106 valence electrons. The summed E-state index contributed by atoms with van der Waals surface area (Å²) in [4.78, 5) is 11.4. The van der Waals surface area contributed by atoms with Crippen molar-refractivity contribution in [3.8, 4) is 5.69 Å². The monoisotopic (exact) mass is 349 g/mol. The average molecular weight is 350 g/mol. The third-order valence-electron chi connectivity index (χ3n) is 3.94. The van der Waals surface area contributed by atoms with E-state index >= 15 is 0 Å². The highest BCUT2D eigenvalue weighted by Gasteiger charge is 2.13. The standard InChI is InChI=1S/C19H12BrNO/c20-14-9-10-19-16(11-14)15-6-2-4-8-18(15)21(19)17-7-3-1-5-13(17)12-22/h1-12H. The Morgan fingerprint density at radius 3 is 2.41 bits per heavy atom. The van der Waals surface area contributed by atoms with Gasteiger partial charge in [0, 0.05) is 20.8 Å². The lowest BCUT2D eigenvalue weighted by atomic mass is 10.2. The Balaban J connectivity index is 2.22. The Labute approximate surface area is 136 Å². The van der Waals surface area contributed by atoms with Crippen molar-refractivity contribution in [2.24, 2.45) is 0 Å². The molecule has 0 amide bonds. The van der Waals surface area contributed by atoms with E-state index in [4.69, 9.17) is 0 Å². The number of carbonyl (C=O) groups excluding carboxylic acids is 1. The summed E-state index contributed by atoms with van der Waals surface area (Å²) in [6.45, 7) is 0. The van der Waals surface area contributed by atoms with Crippen LogP contribution in [0.25, 0.3) is 27.5 Å². The van der Waals surface area contributed by atoms with Gasteiger partial charge < -0.3 is 4.57 Å². The number of fused-ring (bicyclic) bond motifs is 3. The normalized spacial score (nSPS) is 11.1. The van der Waals surface area contributed by atoms with Crippen molar-refractivity contribution in [2.45, 2.75) is 0 Å². The largest absolute Gasteiger partial charge is 0.309 e. The van der Waals surface area contributed by atoms with Gasteiger partial charge in [0.05, 0.1) is 16.7 Å². The summed E-state index contributed by atoms with van der Waals surface area (Å²) in [6.07, 6.45) is 0.912. The number of hydrogen-bond donors (Lipinski definition) is 0. The van der Waals surface area contributed by atoms with Crippen molar-refractivity contribution in [2.75, 3.05) is 0 Å². The van der Waals surface area contributed by atoms with Crippen molar-refractivity contribution in [3.63, 3.8) is 0 Å². The van der Waals surface area contributed by atoms with Crippen LogP contribution in [0.5, 0.6) is 0 Å². The molecule has 0 N–H and O–H groups in total. The summed E-state index contributed by atoms with van der Waals surface area (Å²) < 4.78 is 3.20. The number of hydrogen-bond acceptors (Lipinski definition) is 1. The summed E-state index contributed by atoms with van der Waals surface area (Å²) in [5, 5.41) is 2.35. The Kier molecular flexibility index (Phi) is 3.09. The molecule has 4 rings (SSSR count). The van der Waals surface area contributed by atoms with Crippen LogP contribution < -0.4 is 0 Å². The van der Waals surface area contributed by atoms with E-state index in [-0.39, 0.29) is 0 Å². The zero-order valence-electron chi connectivity index (χ0n) is 11.7. The maximum Gasteiger partial charge on any atom is 0.152 e. The second kappa shape index (κ2) is 5.11. The van der Waals surface area contributed by atoms with Crippen LogP contribution >= 0.6 is 15.9 Å². The number of para-hydroxylation sites is 2. The number of aromatic nitrogens is 1. The SMILES string of the molecule is O=Cc1ccccc1-n1c2ccccc2c2cc(Br)ccc21. The number of halogens is 1. The van der Waals surface area contributed by atoms with Gasteiger partial charge in [-0.25, -0.2) is 0 Å². The number of rotatable bonds is 2. The van der Waals surface area contributed by atoms with Gasteiger partial charge in [-0.3, -0.25) is 4.79 Å².